The summed E-state index contributed by atoms with van der Waals surface area (Å²) in [5, 5.41) is 25.8. The fourth-order valence-corrected chi connectivity index (χ4v) is 0. The number of carbonyl (C=O) groups is 2. The molecule has 0 aromatic carbocycles. The Kier molecular flexibility index (Phi) is 7.53. The largest absolute Gasteiger partial charge is 0.652 e. The summed E-state index contributed by atoms with van der Waals surface area (Å²) in [6.45, 7) is 2.90. The zero-order chi connectivity index (χ0) is 7.86. The van der Waals surface area contributed by atoms with Crippen LogP contribution in [-0.4, -0.2) is 12.1 Å². The number of carbonyl (C=O) groups excluding carboxylic acids is 2. The van der Waals surface area contributed by atoms with Crippen LogP contribution in [0.1, 0.15) is 0 Å². The lowest BCUT2D eigenvalue weighted by molar-refractivity contribution is -0.415. The zero-order valence-corrected chi connectivity index (χ0v) is 4.33. The van der Waals surface area contributed by atoms with Crippen molar-refractivity contribution >= 4 is 12.1 Å². The predicted molar refractivity (Wildman–Crippen MR) is 20.6 cm³/mol. The van der Waals surface area contributed by atoms with E-state index in [0.29, 0.717) is 0 Å². The molecule has 5 heteroatoms. The average Bonchev–Trinajstić information content (AvgIpc) is 1.65. The Hall–Kier alpha value is -1.52. The van der Waals surface area contributed by atoms with Gasteiger partial charge in [0.05, 0.1) is 5.97 Å². The van der Waals surface area contributed by atoms with E-state index >= 15 is 0 Å². The first-order valence-corrected chi connectivity index (χ1v) is 1.72. The normalized spacial score (nSPS) is 6.22. The number of carboxylic acids is 1. The van der Waals surface area contributed by atoms with Crippen molar-refractivity contribution in [3.8, 4) is 0 Å². The van der Waals surface area contributed by atoms with Gasteiger partial charge in [-0.15, -0.1) is 0 Å². The average molecular weight is 131 g/mol. The molecule has 52 valence electrons. The first-order chi connectivity index (χ1) is 4.00. The van der Waals surface area contributed by atoms with Gasteiger partial charge in [0, 0.05) is 0 Å². The Morgan fingerprint density at radius 2 is 1.33 bits per heavy atom. The van der Waals surface area contributed by atoms with E-state index in [1.165, 1.54) is 0 Å². The van der Waals surface area contributed by atoms with Gasteiger partial charge in [0.15, 0.2) is 0 Å². The number of rotatable bonds is 1. The van der Waals surface area contributed by atoms with Gasteiger partial charge < -0.3 is 24.9 Å². The van der Waals surface area contributed by atoms with Crippen LogP contribution in [0.2, 0.25) is 0 Å². The highest BCUT2D eigenvalue weighted by atomic mass is 16.6. The van der Waals surface area contributed by atoms with E-state index in [0.717, 1.165) is 6.08 Å². The van der Waals surface area contributed by atoms with Crippen LogP contribution in [-0.2, 0) is 4.79 Å². The molecule has 0 aliphatic heterocycles. The summed E-state index contributed by atoms with van der Waals surface area (Å²) in [5.74, 6) is -1.23. The van der Waals surface area contributed by atoms with Crippen LogP contribution in [0, 0.1) is 0 Å². The third-order valence-electron chi connectivity index (χ3n) is 0.167. The van der Waals surface area contributed by atoms with Gasteiger partial charge in [-0.1, -0.05) is 6.58 Å². The van der Waals surface area contributed by atoms with Crippen LogP contribution in [0.25, 0.3) is 0 Å². The fraction of sp³-hybridized carbons (Fsp3) is 0. The molecule has 0 aromatic heterocycles. The summed E-state index contributed by atoms with van der Waals surface area (Å²) in [7, 11) is 0. The fourth-order valence-electron chi connectivity index (χ4n) is 0. The molecular weight excluding hydrogens is 128 g/mol. The van der Waals surface area contributed by atoms with Crippen molar-refractivity contribution < 1.29 is 24.9 Å². The summed E-state index contributed by atoms with van der Waals surface area (Å²) in [6, 6.07) is 0. The second kappa shape index (κ2) is 6.48. The molecule has 0 aromatic rings. The van der Waals surface area contributed by atoms with E-state index in [2.05, 4.69) is 6.58 Å². The molecule has 0 rings (SSSR count). The quantitative estimate of drug-likeness (QED) is 0.343. The molecule has 0 radical (unpaired) electrons. The van der Waals surface area contributed by atoms with Crippen LogP contribution in [0.3, 0.4) is 0 Å². The minimum Gasteiger partial charge on any atom is -0.652 e. The van der Waals surface area contributed by atoms with Crippen molar-refractivity contribution in [2.75, 3.05) is 0 Å². The summed E-state index contributed by atoms with van der Waals surface area (Å²) in [4.78, 5) is 17.5. The van der Waals surface area contributed by atoms with Crippen LogP contribution in [0.4, 0.5) is 4.79 Å². The van der Waals surface area contributed by atoms with E-state index in [1.54, 1.807) is 0 Å². The lowest BCUT2D eigenvalue weighted by Gasteiger charge is -1.96. The third-order valence-corrected chi connectivity index (χ3v) is 0.167. The Balaban J connectivity index is 0. The molecule has 0 amide bonds. The molecule has 0 heterocycles. The highest BCUT2D eigenvalue weighted by Gasteiger charge is 1.55. The smallest absolute Gasteiger partial charge is 0.0636 e. The maximum Gasteiger partial charge on any atom is 0.0636 e. The number of aliphatic carboxylic acids is 1. The highest BCUT2D eigenvalue weighted by Crippen LogP contribution is 1.47. The number of hydrogen-bond donors (Lipinski definition) is 0. The van der Waals surface area contributed by atoms with Crippen molar-refractivity contribution in [3.63, 3.8) is 0 Å². The number of carboxylic acid groups (broad SMARTS) is 3. The van der Waals surface area contributed by atoms with Gasteiger partial charge in [0.1, 0.15) is 0 Å². The third kappa shape index (κ3) is 564. The van der Waals surface area contributed by atoms with Gasteiger partial charge >= 0.3 is 0 Å². The minimum atomic E-state index is -2.33. The summed E-state index contributed by atoms with van der Waals surface area (Å²) >= 11 is 0. The SMILES string of the molecule is C=CC(=O)[O-].O=C([O-])[O-]. The van der Waals surface area contributed by atoms with E-state index in [9.17, 15) is 0 Å². The lowest BCUT2D eigenvalue weighted by atomic mass is 10.7. The Labute approximate surface area is 50.9 Å². The van der Waals surface area contributed by atoms with Crippen LogP contribution in [0.15, 0.2) is 12.7 Å². The summed E-state index contributed by atoms with van der Waals surface area (Å²) in [5.41, 5.74) is 0. The van der Waals surface area contributed by atoms with Crippen LogP contribution in [0.5, 0.6) is 0 Å². The molecular formula is C4H3O5-3. The second-order valence-electron chi connectivity index (χ2n) is 0.773. The monoisotopic (exact) mass is 131 g/mol. The second-order valence-corrected chi connectivity index (χ2v) is 0.773. The van der Waals surface area contributed by atoms with Crippen molar-refractivity contribution in [2.24, 2.45) is 0 Å². The zero-order valence-electron chi connectivity index (χ0n) is 4.33. The molecule has 0 atom stereocenters. The summed E-state index contributed by atoms with van der Waals surface area (Å²) < 4.78 is 0. The molecule has 0 aliphatic rings. The van der Waals surface area contributed by atoms with Gasteiger partial charge in [-0.2, -0.15) is 0 Å². The maximum absolute atomic E-state index is 9.14. The summed E-state index contributed by atoms with van der Waals surface area (Å²) in [6.07, 6.45) is -1.61. The van der Waals surface area contributed by atoms with Crippen molar-refractivity contribution in [3.05, 3.63) is 12.7 Å². The Morgan fingerprint density at radius 3 is 1.33 bits per heavy atom. The molecule has 0 saturated carbocycles. The van der Waals surface area contributed by atoms with Gasteiger partial charge in [-0.3, -0.25) is 0 Å². The van der Waals surface area contributed by atoms with E-state index in [4.69, 9.17) is 24.9 Å². The van der Waals surface area contributed by atoms with Crippen molar-refractivity contribution in [1.82, 2.24) is 0 Å². The predicted octanol–water partition coefficient (Wildman–Crippen LogP) is -3.52. The molecule has 0 unspecified atom stereocenters. The topological polar surface area (TPSA) is 103 Å². The molecule has 0 aliphatic carbocycles. The van der Waals surface area contributed by atoms with Gasteiger partial charge in [-0.25, -0.2) is 0 Å². The van der Waals surface area contributed by atoms with E-state index in [1.807, 2.05) is 0 Å². The maximum atomic E-state index is 9.14. The molecule has 0 bridgehead atoms. The van der Waals surface area contributed by atoms with E-state index < -0.39 is 12.1 Å². The highest BCUT2D eigenvalue weighted by molar-refractivity contribution is 5.76. The van der Waals surface area contributed by atoms with Crippen molar-refractivity contribution in [1.29, 1.82) is 0 Å². The standard InChI is InChI=1S/C3H4O2.CH2O3/c1-2-3(4)5;2-1(3)4/h2H,1H2,(H,4,5);(H2,2,3,4)/p-3. The minimum absolute atomic E-state index is 0.722. The number of hydrogen-bond acceptors (Lipinski definition) is 5. The molecule has 0 fully saturated rings. The molecule has 9 heavy (non-hydrogen) atoms. The first-order valence-electron chi connectivity index (χ1n) is 1.72. The Morgan fingerprint density at radius 1 is 1.22 bits per heavy atom. The molecule has 0 N–H and O–H groups in total. The van der Waals surface area contributed by atoms with Crippen LogP contribution >= 0.6 is 0 Å². The molecule has 5 nitrogen and oxygen atoms in total. The van der Waals surface area contributed by atoms with Crippen molar-refractivity contribution in [2.45, 2.75) is 0 Å². The molecule has 0 saturated heterocycles. The Bertz CT molecular complexity index is 112. The van der Waals surface area contributed by atoms with Gasteiger partial charge in [0.2, 0.25) is 0 Å². The first kappa shape index (κ1) is 10.5. The molecule has 0 spiro atoms. The van der Waals surface area contributed by atoms with Gasteiger partial charge in [0.25, 0.3) is 0 Å². The lowest BCUT2D eigenvalue weighted by Crippen LogP contribution is -2.37. The van der Waals surface area contributed by atoms with Crippen LogP contribution < -0.4 is 15.3 Å². The van der Waals surface area contributed by atoms with Gasteiger partial charge in [-0.05, 0) is 12.2 Å². The van der Waals surface area contributed by atoms with E-state index in [-0.39, 0.29) is 0 Å².